The van der Waals surface area contributed by atoms with Gasteiger partial charge in [-0.3, -0.25) is 9.48 Å². The molecule has 4 rings (SSSR count). The minimum atomic E-state index is -3.70. The van der Waals surface area contributed by atoms with Crippen LogP contribution in [0.5, 0.6) is 0 Å². The molecule has 1 atom stereocenters. The molecule has 2 heterocycles. The average molecular weight is 439 g/mol. The van der Waals surface area contributed by atoms with Crippen LogP contribution >= 0.6 is 0 Å². The van der Waals surface area contributed by atoms with E-state index in [-0.39, 0.29) is 10.8 Å². The number of nitrogens with one attached hydrogen (secondary N) is 1. The second-order valence-corrected chi connectivity index (χ2v) is 9.72. The highest BCUT2D eigenvalue weighted by Gasteiger charge is 2.39. The molecule has 1 aliphatic rings. The molecule has 1 amide bonds. The number of rotatable bonds is 7. The Morgan fingerprint density at radius 2 is 1.81 bits per heavy atom. The van der Waals surface area contributed by atoms with Gasteiger partial charge >= 0.3 is 0 Å². The Hall–Kier alpha value is -2.97. The number of hydrogen-bond donors (Lipinski definition) is 1. The van der Waals surface area contributed by atoms with Crippen LogP contribution in [0.3, 0.4) is 0 Å². The van der Waals surface area contributed by atoms with Crippen LogP contribution in [0.1, 0.15) is 29.5 Å². The first kappa shape index (κ1) is 21.3. The van der Waals surface area contributed by atoms with Crippen LogP contribution in [0.15, 0.2) is 71.9 Å². The quantitative estimate of drug-likeness (QED) is 0.615. The van der Waals surface area contributed by atoms with Gasteiger partial charge in [0.25, 0.3) is 0 Å². The lowest BCUT2D eigenvalue weighted by molar-refractivity contribution is -0.124. The van der Waals surface area contributed by atoms with Gasteiger partial charge in [-0.05, 0) is 49.1 Å². The summed E-state index contributed by atoms with van der Waals surface area (Å²) < 4.78 is 29.3. The summed E-state index contributed by atoms with van der Waals surface area (Å²) in [6.45, 7) is 3.31. The number of aromatic nitrogens is 2. The Kier molecular flexibility index (Phi) is 6.20. The molecule has 0 saturated carbocycles. The third-order valence-electron chi connectivity index (χ3n) is 5.53. The molecule has 1 unspecified atom stereocenters. The van der Waals surface area contributed by atoms with Gasteiger partial charge in [-0.1, -0.05) is 42.0 Å². The van der Waals surface area contributed by atoms with E-state index in [1.54, 1.807) is 30.5 Å². The molecule has 0 aliphatic carbocycles. The van der Waals surface area contributed by atoms with Crippen molar-refractivity contribution in [3.63, 3.8) is 0 Å². The number of carbonyl (C=O) groups is 1. The Morgan fingerprint density at radius 3 is 2.48 bits per heavy atom. The van der Waals surface area contributed by atoms with Crippen molar-refractivity contribution >= 4 is 15.9 Å². The summed E-state index contributed by atoms with van der Waals surface area (Å²) >= 11 is 0. The highest BCUT2D eigenvalue weighted by atomic mass is 32.2. The first-order valence-corrected chi connectivity index (χ1v) is 11.8. The van der Waals surface area contributed by atoms with Crippen molar-refractivity contribution in [3.05, 3.63) is 83.7 Å². The van der Waals surface area contributed by atoms with Gasteiger partial charge in [0.05, 0.1) is 11.4 Å². The largest absolute Gasteiger partial charge is 0.351 e. The van der Waals surface area contributed by atoms with E-state index in [1.807, 2.05) is 48.1 Å². The Bertz CT molecular complexity index is 1120. The fraction of sp³-hybridized carbons (Fsp3) is 0.304. The highest BCUT2D eigenvalue weighted by Crippen LogP contribution is 2.26. The number of carbonyl (C=O) groups excluding carboxylic acids is 1. The van der Waals surface area contributed by atoms with E-state index in [0.717, 1.165) is 16.7 Å². The SMILES string of the molecule is Cc1ccc(S(=O)(=O)N2CCCC2C(=O)NCc2ccc(Cn3cccn3)cc2)cc1. The van der Waals surface area contributed by atoms with Gasteiger partial charge in [0, 0.05) is 25.5 Å². The lowest BCUT2D eigenvalue weighted by Gasteiger charge is -2.23. The zero-order valence-electron chi connectivity index (χ0n) is 17.4. The van der Waals surface area contributed by atoms with E-state index in [2.05, 4.69) is 10.4 Å². The second kappa shape index (κ2) is 9.03. The predicted octanol–water partition coefficient (Wildman–Crippen LogP) is 2.71. The fourth-order valence-corrected chi connectivity index (χ4v) is 5.44. The van der Waals surface area contributed by atoms with E-state index < -0.39 is 16.1 Å². The molecule has 0 radical (unpaired) electrons. The monoisotopic (exact) mass is 438 g/mol. The minimum absolute atomic E-state index is 0.227. The average Bonchev–Trinajstić information content (AvgIpc) is 3.46. The summed E-state index contributed by atoms with van der Waals surface area (Å²) in [7, 11) is -3.70. The molecule has 1 fully saturated rings. The van der Waals surface area contributed by atoms with Gasteiger partial charge in [0.2, 0.25) is 15.9 Å². The highest BCUT2D eigenvalue weighted by molar-refractivity contribution is 7.89. The van der Waals surface area contributed by atoms with Crippen molar-refractivity contribution in [1.82, 2.24) is 19.4 Å². The first-order chi connectivity index (χ1) is 14.9. The number of amides is 1. The maximum Gasteiger partial charge on any atom is 0.243 e. The Morgan fingerprint density at radius 1 is 1.10 bits per heavy atom. The molecule has 1 aliphatic heterocycles. The predicted molar refractivity (Wildman–Crippen MR) is 118 cm³/mol. The molecule has 3 aromatic rings. The summed E-state index contributed by atoms with van der Waals surface area (Å²) in [4.78, 5) is 13.0. The van der Waals surface area contributed by atoms with Crippen LogP contribution in [0.25, 0.3) is 0 Å². The molecular formula is C23H26N4O3S. The van der Waals surface area contributed by atoms with Gasteiger partial charge in [-0.15, -0.1) is 0 Å². The van der Waals surface area contributed by atoms with Crippen LogP contribution in [-0.2, 0) is 27.9 Å². The van der Waals surface area contributed by atoms with Gasteiger partial charge in [0.1, 0.15) is 6.04 Å². The Balaban J connectivity index is 1.38. The van der Waals surface area contributed by atoms with Crippen LogP contribution in [-0.4, -0.2) is 41.0 Å². The van der Waals surface area contributed by atoms with Crippen molar-refractivity contribution in [3.8, 4) is 0 Å². The minimum Gasteiger partial charge on any atom is -0.351 e. The molecule has 31 heavy (non-hydrogen) atoms. The maximum atomic E-state index is 13.0. The van der Waals surface area contributed by atoms with Crippen LogP contribution in [0.2, 0.25) is 0 Å². The number of sulfonamides is 1. The fourth-order valence-electron chi connectivity index (χ4n) is 3.79. The lowest BCUT2D eigenvalue weighted by Crippen LogP contribution is -2.45. The molecule has 1 saturated heterocycles. The molecule has 0 spiro atoms. The van der Waals surface area contributed by atoms with Gasteiger partial charge in [-0.2, -0.15) is 9.40 Å². The number of hydrogen-bond acceptors (Lipinski definition) is 4. The Labute approximate surface area is 182 Å². The van der Waals surface area contributed by atoms with Crippen LogP contribution in [0, 0.1) is 6.92 Å². The van der Waals surface area contributed by atoms with Crippen LogP contribution < -0.4 is 5.32 Å². The summed E-state index contributed by atoms with van der Waals surface area (Å²) in [5.74, 6) is -0.256. The molecule has 2 aromatic carbocycles. The van der Waals surface area contributed by atoms with E-state index in [0.29, 0.717) is 32.5 Å². The summed E-state index contributed by atoms with van der Waals surface area (Å²) in [5, 5.41) is 7.10. The number of aryl methyl sites for hydroxylation is 1. The molecule has 1 aromatic heterocycles. The van der Waals surface area contributed by atoms with E-state index in [9.17, 15) is 13.2 Å². The summed E-state index contributed by atoms with van der Waals surface area (Å²) in [6, 6.07) is 15.9. The zero-order chi connectivity index (χ0) is 21.8. The zero-order valence-corrected chi connectivity index (χ0v) is 18.3. The van der Waals surface area contributed by atoms with Crippen molar-refractivity contribution in [2.75, 3.05) is 6.54 Å². The lowest BCUT2D eigenvalue weighted by atomic mass is 10.1. The molecular weight excluding hydrogens is 412 g/mol. The van der Waals surface area contributed by atoms with Crippen molar-refractivity contribution in [2.45, 2.75) is 43.8 Å². The normalized spacial score (nSPS) is 17.0. The van der Waals surface area contributed by atoms with Crippen LogP contribution in [0.4, 0.5) is 0 Å². The molecule has 1 N–H and O–H groups in total. The molecule has 8 heteroatoms. The second-order valence-electron chi connectivity index (χ2n) is 7.82. The number of nitrogens with zero attached hydrogens (tertiary/aromatic N) is 3. The van der Waals surface area contributed by atoms with E-state index in [1.165, 1.54) is 4.31 Å². The van der Waals surface area contributed by atoms with E-state index >= 15 is 0 Å². The summed E-state index contributed by atoms with van der Waals surface area (Å²) in [5.41, 5.74) is 3.07. The number of benzene rings is 2. The van der Waals surface area contributed by atoms with Gasteiger partial charge < -0.3 is 5.32 Å². The van der Waals surface area contributed by atoms with E-state index in [4.69, 9.17) is 0 Å². The smallest absolute Gasteiger partial charge is 0.243 e. The van der Waals surface area contributed by atoms with Crippen molar-refractivity contribution < 1.29 is 13.2 Å². The standard InChI is InChI=1S/C23H26N4O3S/c1-18-5-11-21(12-6-18)31(29,30)27-15-2-4-22(27)23(28)24-16-19-7-9-20(10-8-19)17-26-14-3-13-25-26/h3,5-14,22H,2,4,15-17H2,1H3,(H,24,28). The maximum absolute atomic E-state index is 13.0. The van der Waals surface area contributed by atoms with Crippen molar-refractivity contribution in [1.29, 1.82) is 0 Å². The van der Waals surface area contributed by atoms with Gasteiger partial charge in [-0.25, -0.2) is 8.42 Å². The third-order valence-corrected chi connectivity index (χ3v) is 7.45. The van der Waals surface area contributed by atoms with Gasteiger partial charge in [0.15, 0.2) is 0 Å². The first-order valence-electron chi connectivity index (χ1n) is 10.3. The molecule has 0 bridgehead atoms. The topological polar surface area (TPSA) is 84.3 Å². The molecule has 7 nitrogen and oxygen atoms in total. The molecule has 162 valence electrons. The summed E-state index contributed by atoms with van der Waals surface area (Å²) in [6.07, 6.45) is 4.85. The third kappa shape index (κ3) is 4.86. The van der Waals surface area contributed by atoms with Crippen molar-refractivity contribution in [2.24, 2.45) is 0 Å².